The van der Waals surface area contributed by atoms with Crippen molar-refractivity contribution in [1.82, 2.24) is 18.7 Å². The monoisotopic (exact) mass is 264 g/mol. The Labute approximate surface area is 107 Å². The number of imidazole rings is 1. The summed E-state index contributed by atoms with van der Waals surface area (Å²) in [6, 6.07) is 0. The van der Waals surface area contributed by atoms with Crippen LogP contribution in [0.2, 0.25) is 0 Å². The van der Waals surface area contributed by atoms with Crippen molar-refractivity contribution in [2.24, 2.45) is 14.1 Å². The van der Waals surface area contributed by atoms with Gasteiger partial charge < -0.3 is 9.67 Å². The molecule has 8 heteroatoms. The van der Waals surface area contributed by atoms with Crippen LogP contribution in [0.4, 0.5) is 0 Å². The Bertz CT molecular complexity index is 739. The summed E-state index contributed by atoms with van der Waals surface area (Å²) in [7, 11) is 2.53. The Hall–Kier alpha value is -2.64. The Kier molecular flexibility index (Phi) is 3.07. The van der Waals surface area contributed by atoms with Crippen LogP contribution in [0.1, 0.15) is 10.4 Å². The molecule has 0 bridgehead atoms. The van der Waals surface area contributed by atoms with Crippen molar-refractivity contribution in [2.45, 2.75) is 6.54 Å². The van der Waals surface area contributed by atoms with Crippen LogP contribution >= 0.6 is 0 Å². The summed E-state index contributed by atoms with van der Waals surface area (Å²) < 4.78 is 3.09. The van der Waals surface area contributed by atoms with Gasteiger partial charge in [-0.25, -0.2) is 9.78 Å². The van der Waals surface area contributed by atoms with Crippen molar-refractivity contribution < 1.29 is 9.90 Å². The van der Waals surface area contributed by atoms with Crippen molar-refractivity contribution in [2.75, 3.05) is 0 Å². The van der Waals surface area contributed by atoms with E-state index in [1.54, 1.807) is 6.20 Å². The van der Waals surface area contributed by atoms with Crippen LogP contribution in [-0.4, -0.2) is 29.6 Å². The molecule has 0 fully saturated rings. The third-order valence-corrected chi connectivity index (χ3v) is 2.80. The third-order valence-electron chi connectivity index (χ3n) is 2.80. The van der Waals surface area contributed by atoms with E-state index in [1.165, 1.54) is 31.2 Å². The molecule has 0 aliphatic heterocycles. The van der Waals surface area contributed by atoms with Crippen molar-refractivity contribution in [3.05, 3.63) is 45.1 Å². The number of Topliss-reactive ketones (excluding diaryl/α,β-unsaturated/α-hetero) is 1. The summed E-state index contributed by atoms with van der Waals surface area (Å²) in [5.74, 6) is -1.22. The highest BCUT2D eigenvalue weighted by Crippen LogP contribution is 2.10. The molecule has 2 aromatic rings. The second kappa shape index (κ2) is 4.56. The summed E-state index contributed by atoms with van der Waals surface area (Å²) in [4.78, 5) is 39.2. The van der Waals surface area contributed by atoms with Crippen molar-refractivity contribution in [1.29, 1.82) is 0 Å². The average Bonchev–Trinajstić information content (AvgIpc) is 2.87. The van der Waals surface area contributed by atoms with E-state index in [0.29, 0.717) is 0 Å². The molecule has 0 amide bonds. The normalized spacial score (nSPS) is 10.6. The Morgan fingerprint density at radius 1 is 1.32 bits per heavy atom. The smallest absolute Gasteiger partial charge is 0.333 e. The van der Waals surface area contributed by atoms with Gasteiger partial charge in [-0.3, -0.25) is 18.7 Å². The van der Waals surface area contributed by atoms with Crippen molar-refractivity contribution >= 4 is 5.78 Å². The Morgan fingerprint density at radius 3 is 2.58 bits per heavy atom. The van der Waals surface area contributed by atoms with Gasteiger partial charge in [0.15, 0.2) is 5.78 Å². The number of carbonyl (C=O) groups excluding carboxylic acids is 1. The predicted octanol–water partition coefficient (Wildman–Crippen LogP) is -1.13. The molecule has 0 atom stereocenters. The first-order chi connectivity index (χ1) is 8.93. The number of hydrogen-bond donors (Lipinski definition) is 1. The minimum absolute atomic E-state index is 0.138. The van der Waals surface area contributed by atoms with E-state index >= 15 is 0 Å². The van der Waals surface area contributed by atoms with Crippen LogP contribution in [0.15, 0.2) is 28.3 Å². The maximum atomic E-state index is 12.0. The van der Waals surface area contributed by atoms with E-state index in [1.807, 2.05) is 0 Å². The molecule has 0 aliphatic rings. The maximum Gasteiger partial charge on any atom is 0.333 e. The molecule has 0 unspecified atom stereocenters. The molecule has 0 aromatic carbocycles. The Balaban J connectivity index is 2.54. The van der Waals surface area contributed by atoms with Gasteiger partial charge in [-0.2, -0.15) is 0 Å². The van der Waals surface area contributed by atoms with Crippen LogP contribution in [0.5, 0.6) is 5.88 Å². The van der Waals surface area contributed by atoms with Gasteiger partial charge in [-0.05, 0) is 0 Å². The summed E-state index contributed by atoms with van der Waals surface area (Å²) in [6.07, 6.45) is 4.47. The second-order valence-electron chi connectivity index (χ2n) is 4.06. The number of ketones is 1. The van der Waals surface area contributed by atoms with Gasteiger partial charge in [0, 0.05) is 26.5 Å². The largest absolute Gasteiger partial charge is 0.494 e. The van der Waals surface area contributed by atoms with Crippen LogP contribution < -0.4 is 11.2 Å². The molecule has 100 valence electrons. The zero-order valence-corrected chi connectivity index (χ0v) is 10.4. The maximum absolute atomic E-state index is 12.0. The summed E-state index contributed by atoms with van der Waals surface area (Å²) in [5, 5.41) is 9.79. The van der Waals surface area contributed by atoms with Gasteiger partial charge in [0.05, 0.1) is 12.9 Å². The van der Waals surface area contributed by atoms with Crippen molar-refractivity contribution in [3.8, 4) is 5.88 Å². The van der Waals surface area contributed by atoms with E-state index < -0.39 is 28.5 Å². The van der Waals surface area contributed by atoms with E-state index in [0.717, 1.165) is 9.13 Å². The zero-order valence-electron chi connectivity index (χ0n) is 10.4. The molecule has 0 saturated heterocycles. The van der Waals surface area contributed by atoms with E-state index in [9.17, 15) is 19.5 Å². The van der Waals surface area contributed by atoms with Gasteiger partial charge in [-0.15, -0.1) is 0 Å². The van der Waals surface area contributed by atoms with Crippen LogP contribution in [0, 0.1) is 0 Å². The average molecular weight is 264 g/mol. The summed E-state index contributed by atoms with van der Waals surface area (Å²) in [6.45, 7) is -0.138. The van der Waals surface area contributed by atoms with Crippen LogP contribution in [0.3, 0.4) is 0 Å². The lowest BCUT2D eigenvalue weighted by Crippen LogP contribution is -2.40. The predicted molar refractivity (Wildman–Crippen MR) is 65.1 cm³/mol. The number of rotatable bonds is 3. The number of aromatic hydroxyl groups is 1. The van der Waals surface area contributed by atoms with E-state index in [2.05, 4.69) is 4.98 Å². The molecule has 0 radical (unpaired) electrons. The first kappa shape index (κ1) is 12.8. The minimum Gasteiger partial charge on any atom is -0.494 e. The van der Waals surface area contributed by atoms with Gasteiger partial charge >= 0.3 is 5.69 Å². The Morgan fingerprint density at radius 2 is 2.00 bits per heavy atom. The first-order valence-corrected chi connectivity index (χ1v) is 5.41. The number of hydrogen-bond acceptors (Lipinski definition) is 5. The van der Waals surface area contributed by atoms with Gasteiger partial charge in [0.25, 0.3) is 5.56 Å². The highest BCUT2D eigenvalue weighted by atomic mass is 16.3. The standard InChI is InChI=1S/C11H12N4O4/c1-13-9(17)8(10(18)14(2)11(13)19)7(16)5-15-4-3-12-6-15/h3-4,6,17H,5H2,1-2H3. The fourth-order valence-electron chi connectivity index (χ4n) is 1.70. The first-order valence-electron chi connectivity index (χ1n) is 5.41. The highest BCUT2D eigenvalue weighted by molar-refractivity contribution is 5.97. The topological polar surface area (TPSA) is 99.1 Å². The molecule has 0 spiro atoms. The lowest BCUT2D eigenvalue weighted by molar-refractivity contribution is 0.0965. The second-order valence-corrected chi connectivity index (χ2v) is 4.06. The molecule has 2 heterocycles. The fraction of sp³-hybridized carbons (Fsp3) is 0.273. The number of carbonyl (C=O) groups is 1. The molecule has 19 heavy (non-hydrogen) atoms. The molecular weight excluding hydrogens is 252 g/mol. The molecule has 0 aliphatic carbocycles. The minimum atomic E-state index is -0.814. The van der Waals surface area contributed by atoms with Gasteiger partial charge in [0.2, 0.25) is 5.88 Å². The van der Waals surface area contributed by atoms with Gasteiger partial charge in [-0.1, -0.05) is 0 Å². The molecule has 2 rings (SSSR count). The van der Waals surface area contributed by atoms with Crippen LogP contribution in [-0.2, 0) is 20.6 Å². The molecule has 0 saturated carbocycles. The lowest BCUT2D eigenvalue weighted by atomic mass is 10.2. The third kappa shape index (κ3) is 2.07. The van der Waals surface area contributed by atoms with E-state index in [-0.39, 0.29) is 6.54 Å². The summed E-state index contributed by atoms with van der Waals surface area (Å²) >= 11 is 0. The summed E-state index contributed by atoms with van der Waals surface area (Å²) in [5.41, 5.74) is -1.91. The van der Waals surface area contributed by atoms with E-state index in [4.69, 9.17) is 0 Å². The molecule has 1 N–H and O–H groups in total. The number of nitrogens with zero attached hydrogens (tertiary/aromatic N) is 4. The molecule has 8 nitrogen and oxygen atoms in total. The SMILES string of the molecule is Cn1c(O)c(C(=O)Cn2ccnc2)c(=O)n(C)c1=O. The van der Waals surface area contributed by atoms with Crippen LogP contribution in [0.25, 0.3) is 0 Å². The zero-order chi connectivity index (χ0) is 14.2. The van der Waals surface area contributed by atoms with Gasteiger partial charge in [0.1, 0.15) is 5.56 Å². The highest BCUT2D eigenvalue weighted by Gasteiger charge is 2.21. The molecular formula is C11H12N4O4. The number of aromatic nitrogens is 4. The fourth-order valence-corrected chi connectivity index (χ4v) is 1.70. The molecule has 2 aromatic heterocycles. The quantitative estimate of drug-likeness (QED) is 0.707. The van der Waals surface area contributed by atoms with Crippen molar-refractivity contribution in [3.63, 3.8) is 0 Å². The lowest BCUT2D eigenvalue weighted by Gasteiger charge is -2.09.